The molecule has 0 unspecified atom stereocenters. The summed E-state index contributed by atoms with van der Waals surface area (Å²) >= 11 is 2.03. The van der Waals surface area contributed by atoms with E-state index < -0.39 is 0 Å². The fraction of sp³-hybridized carbons (Fsp3) is 0.267. The van der Waals surface area contributed by atoms with Crippen LogP contribution >= 0.6 is 11.8 Å². The molecule has 4 rings (SSSR count). The zero-order chi connectivity index (χ0) is 12.7. The molecule has 3 heterocycles. The molecule has 1 aromatic carbocycles. The number of aromatic nitrogens is 2. The Morgan fingerprint density at radius 1 is 0.947 bits per heavy atom. The lowest BCUT2D eigenvalue weighted by atomic mass is 10.3. The molecule has 0 atom stereocenters. The number of benzene rings is 1. The van der Waals surface area contributed by atoms with Gasteiger partial charge in [-0.15, -0.1) is 0 Å². The van der Waals surface area contributed by atoms with Gasteiger partial charge >= 0.3 is 0 Å². The Labute approximate surface area is 116 Å². The lowest BCUT2D eigenvalue weighted by Gasteiger charge is -2.28. The van der Waals surface area contributed by atoms with Gasteiger partial charge in [0, 0.05) is 30.8 Å². The quantitative estimate of drug-likeness (QED) is 0.677. The van der Waals surface area contributed by atoms with Gasteiger partial charge in [-0.25, -0.2) is 4.98 Å². The van der Waals surface area contributed by atoms with Gasteiger partial charge in [0.15, 0.2) is 5.82 Å². The van der Waals surface area contributed by atoms with E-state index in [0.29, 0.717) is 0 Å². The summed E-state index contributed by atoms with van der Waals surface area (Å²) in [6.07, 6.45) is 2.13. The predicted molar refractivity (Wildman–Crippen MR) is 82.2 cm³/mol. The van der Waals surface area contributed by atoms with E-state index in [1.165, 1.54) is 22.5 Å². The molecule has 2 aromatic heterocycles. The van der Waals surface area contributed by atoms with Gasteiger partial charge in [0.05, 0.1) is 16.6 Å². The van der Waals surface area contributed by atoms with E-state index in [2.05, 4.69) is 51.9 Å². The molecule has 4 heteroatoms. The number of nitrogens with zero attached hydrogens (tertiary/aromatic N) is 3. The molecular weight excluding hydrogens is 254 g/mol. The zero-order valence-electron chi connectivity index (χ0n) is 10.6. The lowest BCUT2D eigenvalue weighted by molar-refractivity contribution is 0.844. The van der Waals surface area contributed by atoms with Crippen LogP contribution in [0.4, 0.5) is 5.82 Å². The van der Waals surface area contributed by atoms with Crippen molar-refractivity contribution >= 4 is 34.1 Å². The molecule has 0 amide bonds. The standard InChI is InChI=1S/C15H15N3S/c1-2-5-13-12(4-1)16-15(14-6-3-7-18(13)14)17-8-10-19-11-9-17/h1-7H,8-11H2. The SMILES string of the molecule is c1ccc2c(c1)nc(N1CCSCC1)c1cccn12. The largest absolute Gasteiger partial charge is 0.353 e. The van der Waals surface area contributed by atoms with E-state index >= 15 is 0 Å². The van der Waals surface area contributed by atoms with Crippen molar-refractivity contribution in [3.05, 3.63) is 42.6 Å². The molecule has 3 nitrogen and oxygen atoms in total. The van der Waals surface area contributed by atoms with E-state index in [-0.39, 0.29) is 0 Å². The number of fused-ring (bicyclic) bond motifs is 3. The van der Waals surface area contributed by atoms with Crippen LogP contribution in [0.5, 0.6) is 0 Å². The van der Waals surface area contributed by atoms with Crippen LogP contribution in [0.15, 0.2) is 42.6 Å². The molecule has 96 valence electrons. The molecule has 0 spiro atoms. The van der Waals surface area contributed by atoms with Gasteiger partial charge in [-0.2, -0.15) is 11.8 Å². The van der Waals surface area contributed by atoms with Crippen molar-refractivity contribution in [2.24, 2.45) is 0 Å². The Morgan fingerprint density at radius 3 is 2.63 bits per heavy atom. The van der Waals surface area contributed by atoms with Gasteiger partial charge < -0.3 is 9.30 Å². The second-order valence-electron chi connectivity index (χ2n) is 4.79. The Hall–Kier alpha value is -1.68. The third-order valence-electron chi connectivity index (χ3n) is 3.66. The van der Waals surface area contributed by atoms with Crippen molar-refractivity contribution in [1.82, 2.24) is 9.38 Å². The van der Waals surface area contributed by atoms with Crippen LogP contribution < -0.4 is 4.90 Å². The van der Waals surface area contributed by atoms with Gasteiger partial charge in [-0.3, -0.25) is 0 Å². The minimum absolute atomic E-state index is 1.07. The first kappa shape index (κ1) is 11.2. The molecule has 19 heavy (non-hydrogen) atoms. The van der Waals surface area contributed by atoms with Gasteiger partial charge in [0.25, 0.3) is 0 Å². The minimum atomic E-state index is 1.07. The van der Waals surface area contributed by atoms with E-state index in [4.69, 9.17) is 4.98 Å². The molecule has 1 aliphatic heterocycles. The Balaban J connectivity index is 1.99. The van der Waals surface area contributed by atoms with Crippen molar-refractivity contribution in [3.63, 3.8) is 0 Å². The molecule has 3 aromatic rings. The Morgan fingerprint density at radius 2 is 1.74 bits per heavy atom. The van der Waals surface area contributed by atoms with Crippen LogP contribution in [-0.2, 0) is 0 Å². The summed E-state index contributed by atoms with van der Waals surface area (Å²) < 4.78 is 2.25. The van der Waals surface area contributed by atoms with E-state index in [1.807, 2.05) is 11.8 Å². The third kappa shape index (κ3) is 1.78. The van der Waals surface area contributed by atoms with E-state index in [0.717, 1.165) is 24.4 Å². The second kappa shape index (κ2) is 4.46. The minimum Gasteiger partial charge on any atom is -0.353 e. The summed E-state index contributed by atoms with van der Waals surface area (Å²) in [7, 11) is 0. The average Bonchev–Trinajstić information content (AvgIpc) is 2.97. The lowest BCUT2D eigenvalue weighted by Crippen LogP contribution is -2.33. The van der Waals surface area contributed by atoms with Crippen LogP contribution in [-0.4, -0.2) is 34.0 Å². The summed E-state index contributed by atoms with van der Waals surface area (Å²) in [5.41, 5.74) is 3.46. The predicted octanol–water partition coefficient (Wildman–Crippen LogP) is 3.04. The van der Waals surface area contributed by atoms with Crippen molar-refractivity contribution < 1.29 is 0 Å². The first-order chi connectivity index (χ1) is 9.43. The summed E-state index contributed by atoms with van der Waals surface area (Å²) in [6, 6.07) is 12.6. The smallest absolute Gasteiger partial charge is 0.153 e. The maximum Gasteiger partial charge on any atom is 0.153 e. The third-order valence-corrected chi connectivity index (χ3v) is 4.60. The monoisotopic (exact) mass is 269 g/mol. The van der Waals surface area contributed by atoms with Crippen LogP contribution in [0.1, 0.15) is 0 Å². The van der Waals surface area contributed by atoms with Crippen molar-refractivity contribution in [2.75, 3.05) is 29.5 Å². The van der Waals surface area contributed by atoms with Crippen molar-refractivity contribution in [2.45, 2.75) is 0 Å². The van der Waals surface area contributed by atoms with E-state index in [1.54, 1.807) is 0 Å². The van der Waals surface area contributed by atoms with Crippen LogP contribution in [0.25, 0.3) is 16.6 Å². The molecule has 1 fully saturated rings. The first-order valence-electron chi connectivity index (χ1n) is 6.62. The average molecular weight is 269 g/mol. The number of hydrogen-bond donors (Lipinski definition) is 0. The summed E-state index contributed by atoms with van der Waals surface area (Å²) in [4.78, 5) is 7.31. The van der Waals surface area contributed by atoms with Crippen LogP contribution in [0, 0.1) is 0 Å². The number of anilines is 1. The van der Waals surface area contributed by atoms with Gasteiger partial charge in [-0.1, -0.05) is 12.1 Å². The number of rotatable bonds is 1. The molecule has 0 radical (unpaired) electrons. The number of thioether (sulfide) groups is 1. The summed E-state index contributed by atoms with van der Waals surface area (Å²) in [5.74, 6) is 3.52. The molecule has 0 saturated carbocycles. The maximum absolute atomic E-state index is 4.90. The van der Waals surface area contributed by atoms with E-state index in [9.17, 15) is 0 Å². The van der Waals surface area contributed by atoms with Crippen LogP contribution in [0.2, 0.25) is 0 Å². The summed E-state index contributed by atoms with van der Waals surface area (Å²) in [6.45, 7) is 2.19. The molecule has 0 N–H and O–H groups in total. The number of hydrogen-bond acceptors (Lipinski definition) is 3. The molecule has 1 aliphatic rings. The molecule has 1 saturated heterocycles. The van der Waals surface area contributed by atoms with Crippen molar-refractivity contribution in [1.29, 1.82) is 0 Å². The highest BCUT2D eigenvalue weighted by molar-refractivity contribution is 7.99. The van der Waals surface area contributed by atoms with Crippen LogP contribution in [0.3, 0.4) is 0 Å². The first-order valence-corrected chi connectivity index (χ1v) is 7.77. The maximum atomic E-state index is 4.90. The zero-order valence-corrected chi connectivity index (χ0v) is 11.4. The highest BCUT2D eigenvalue weighted by Crippen LogP contribution is 2.26. The Kier molecular flexibility index (Phi) is 2.62. The fourth-order valence-electron chi connectivity index (χ4n) is 2.71. The molecule has 0 aliphatic carbocycles. The fourth-order valence-corrected chi connectivity index (χ4v) is 3.62. The highest BCUT2D eigenvalue weighted by atomic mass is 32.2. The van der Waals surface area contributed by atoms with Gasteiger partial charge in [-0.05, 0) is 24.3 Å². The molecular formula is C15H15N3S. The topological polar surface area (TPSA) is 20.5 Å². The molecule has 0 bridgehead atoms. The number of para-hydroxylation sites is 2. The Bertz CT molecular complexity index is 728. The second-order valence-corrected chi connectivity index (χ2v) is 6.01. The summed E-state index contributed by atoms with van der Waals surface area (Å²) in [5, 5.41) is 0. The normalized spacial score (nSPS) is 16.3. The highest BCUT2D eigenvalue weighted by Gasteiger charge is 2.16. The van der Waals surface area contributed by atoms with Crippen molar-refractivity contribution in [3.8, 4) is 0 Å². The van der Waals surface area contributed by atoms with Gasteiger partial charge in [0.2, 0.25) is 0 Å². The van der Waals surface area contributed by atoms with Gasteiger partial charge in [0.1, 0.15) is 0 Å².